The molecule has 0 bridgehead atoms. The number of ether oxygens (including phenoxy) is 1. The van der Waals surface area contributed by atoms with Gasteiger partial charge >= 0.3 is 5.69 Å². The minimum absolute atomic E-state index is 0.147. The molecule has 1 aromatic rings. The van der Waals surface area contributed by atoms with Crippen LogP contribution in [0.1, 0.15) is 12.6 Å². The van der Waals surface area contributed by atoms with Crippen molar-refractivity contribution < 1.29 is 14.9 Å². The summed E-state index contributed by atoms with van der Waals surface area (Å²) in [6, 6.07) is 3.11. The number of nitrogens with zero attached hydrogens (tertiary/aromatic N) is 2. The highest BCUT2D eigenvalue weighted by molar-refractivity contribution is 4.99. The van der Waals surface area contributed by atoms with Gasteiger partial charge < -0.3 is 14.9 Å². The maximum absolute atomic E-state index is 11.9. The van der Waals surface area contributed by atoms with Gasteiger partial charge in [0.25, 0.3) is 5.56 Å². The third kappa shape index (κ3) is 1.97. The van der Waals surface area contributed by atoms with Gasteiger partial charge in [-0.3, -0.25) is 9.36 Å². The van der Waals surface area contributed by atoms with Crippen molar-refractivity contribution in [3.8, 4) is 12.5 Å². The van der Waals surface area contributed by atoms with Crippen molar-refractivity contribution in [3.63, 3.8) is 0 Å². The molecule has 0 aromatic carbocycles. The molecule has 96 valence electrons. The second-order valence-electron chi connectivity index (χ2n) is 3.92. The van der Waals surface area contributed by atoms with E-state index in [1.807, 2.05) is 6.04 Å². The van der Waals surface area contributed by atoms with Gasteiger partial charge in [-0.15, -0.1) is 0 Å². The predicted molar refractivity (Wildman–Crippen MR) is 60.8 cm³/mol. The first-order chi connectivity index (χ1) is 8.58. The summed E-state index contributed by atoms with van der Waals surface area (Å²) in [5.41, 5.74) is -1.31. The van der Waals surface area contributed by atoms with Crippen LogP contribution in [0.4, 0.5) is 0 Å². The number of terminal acetylenes is 1. The predicted octanol–water partition coefficient (Wildman–Crippen LogP) is -1.91. The monoisotopic (exact) mass is 252 g/mol. The molecular weight excluding hydrogens is 240 g/mol. The standard InChI is InChI=1S/C11H12N2O5/c1-2-12-9(16)3-4-13(11(12)17)10-5-7(15)8(6-14)18-10/h1,3-4,7-8,10,14-15H,5-6H2/t7-,8+,10+/m0/s1. The topological polar surface area (TPSA) is 93.7 Å². The van der Waals surface area contributed by atoms with Crippen LogP contribution in [0.25, 0.3) is 0 Å². The van der Waals surface area contributed by atoms with E-state index >= 15 is 0 Å². The number of aliphatic hydroxyl groups excluding tert-OH is 2. The molecule has 1 aromatic heterocycles. The molecule has 1 fully saturated rings. The molecule has 0 unspecified atom stereocenters. The molecule has 0 aliphatic carbocycles. The Kier molecular flexibility index (Phi) is 3.34. The largest absolute Gasteiger partial charge is 0.394 e. The minimum Gasteiger partial charge on any atom is -0.394 e. The summed E-state index contributed by atoms with van der Waals surface area (Å²) in [4.78, 5) is 23.2. The second-order valence-corrected chi connectivity index (χ2v) is 3.92. The van der Waals surface area contributed by atoms with Gasteiger partial charge in [-0.1, -0.05) is 6.42 Å². The molecule has 0 radical (unpaired) electrons. The molecular formula is C11H12N2O5. The van der Waals surface area contributed by atoms with Gasteiger partial charge in [-0.2, -0.15) is 4.57 Å². The first-order valence-electron chi connectivity index (χ1n) is 5.33. The summed E-state index contributed by atoms with van der Waals surface area (Å²) in [6.45, 7) is -0.346. The van der Waals surface area contributed by atoms with E-state index in [0.717, 1.165) is 10.6 Å². The van der Waals surface area contributed by atoms with Crippen LogP contribution in [0, 0.1) is 12.5 Å². The maximum Gasteiger partial charge on any atom is 0.345 e. The van der Waals surface area contributed by atoms with E-state index in [0.29, 0.717) is 4.57 Å². The molecule has 2 N–H and O–H groups in total. The van der Waals surface area contributed by atoms with E-state index in [4.69, 9.17) is 16.3 Å². The van der Waals surface area contributed by atoms with Crippen molar-refractivity contribution in [3.05, 3.63) is 33.1 Å². The van der Waals surface area contributed by atoms with Crippen LogP contribution in [0.5, 0.6) is 0 Å². The lowest BCUT2D eigenvalue weighted by atomic mass is 10.2. The lowest BCUT2D eigenvalue weighted by Crippen LogP contribution is -2.38. The lowest BCUT2D eigenvalue weighted by molar-refractivity contribution is -0.0461. The Morgan fingerprint density at radius 3 is 2.83 bits per heavy atom. The third-order valence-corrected chi connectivity index (χ3v) is 2.83. The van der Waals surface area contributed by atoms with Crippen LogP contribution in [-0.4, -0.2) is 38.2 Å². The van der Waals surface area contributed by atoms with Crippen LogP contribution < -0.4 is 11.2 Å². The molecule has 3 atom stereocenters. The fourth-order valence-electron chi connectivity index (χ4n) is 1.88. The maximum atomic E-state index is 11.9. The highest BCUT2D eigenvalue weighted by atomic mass is 16.5. The third-order valence-electron chi connectivity index (χ3n) is 2.83. The molecule has 0 saturated carbocycles. The van der Waals surface area contributed by atoms with Crippen LogP contribution >= 0.6 is 0 Å². The quantitative estimate of drug-likeness (QED) is 0.599. The van der Waals surface area contributed by atoms with E-state index in [-0.39, 0.29) is 13.0 Å². The molecule has 7 nitrogen and oxygen atoms in total. The molecule has 1 saturated heterocycles. The summed E-state index contributed by atoms with van der Waals surface area (Å²) < 4.78 is 7.05. The summed E-state index contributed by atoms with van der Waals surface area (Å²) in [5, 5.41) is 18.5. The van der Waals surface area contributed by atoms with Gasteiger partial charge in [0.05, 0.1) is 12.7 Å². The Morgan fingerprint density at radius 2 is 2.28 bits per heavy atom. The summed E-state index contributed by atoms with van der Waals surface area (Å²) in [6.07, 6.45) is 4.12. The smallest absolute Gasteiger partial charge is 0.345 e. The SMILES string of the molecule is C#Cn1c(=O)ccn([C@H]2C[C@H](O)[C@@H](CO)O2)c1=O. The van der Waals surface area contributed by atoms with E-state index in [1.165, 1.54) is 6.20 Å². The summed E-state index contributed by atoms with van der Waals surface area (Å²) in [5.74, 6) is 0. The fourth-order valence-corrected chi connectivity index (χ4v) is 1.88. The number of hydrogen-bond acceptors (Lipinski definition) is 5. The molecule has 18 heavy (non-hydrogen) atoms. The number of rotatable bonds is 2. The van der Waals surface area contributed by atoms with E-state index in [9.17, 15) is 14.7 Å². The number of hydrogen-bond donors (Lipinski definition) is 2. The molecule has 2 rings (SSSR count). The van der Waals surface area contributed by atoms with Crippen LogP contribution in [0.3, 0.4) is 0 Å². The molecule has 1 aliphatic rings. The Morgan fingerprint density at radius 1 is 1.56 bits per heavy atom. The lowest BCUT2D eigenvalue weighted by Gasteiger charge is -2.14. The first kappa shape index (κ1) is 12.6. The van der Waals surface area contributed by atoms with Crippen molar-refractivity contribution in [1.82, 2.24) is 9.13 Å². The molecule has 2 heterocycles. The van der Waals surface area contributed by atoms with Crippen LogP contribution in [0.2, 0.25) is 0 Å². The fraction of sp³-hybridized carbons (Fsp3) is 0.455. The van der Waals surface area contributed by atoms with Crippen LogP contribution in [0.15, 0.2) is 21.9 Å². The zero-order valence-corrected chi connectivity index (χ0v) is 9.39. The average molecular weight is 252 g/mol. The molecule has 7 heteroatoms. The van der Waals surface area contributed by atoms with Crippen LogP contribution in [-0.2, 0) is 4.74 Å². The van der Waals surface area contributed by atoms with Gasteiger partial charge in [-0.05, 0) is 0 Å². The Balaban J connectivity index is 2.40. The first-order valence-corrected chi connectivity index (χ1v) is 5.33. The van der Waals surface area contributed by atoms with Gasteiger partial charge in [0.2, 0.25) is 0 Å². The number of aliphatic hydroxyl groups is 2. The van der Waals surface area contributed by atoms with E-state index in [1.54, 1.807) is 0 Å². The highest BCUT2D eigenvalue weighted by Gasteiger charge is 2.35. The van der Waals surface area contributed by atoms with E-state index < -0.39 is 29.7 Å². The van der Waals surface area contributed by atoms with Crippen molar-refractivity contribution in [2.45, 2.75) is 24.9 Å². The van der Waals surface area contributed by atoms with Gasteiger partial charge in [-0.25, -0.2) is 4.79 Å². The van der Waals surface area contributed by atoms with Gasteiger partial charge in [0.1, 0.15) is 12.3 Å². The Labute approximate surface area is 102 Å². The normalized spacial score (nSPS) is 27.1. The van der Waals surface area contributed by atoms with Crippen molar-refractivity contribution in [2.24, 2.45) is 0 Å². The second kappa shape index (κ2) is 4.78. The average Bonchev–Trinajstić information content (AvgIpc) is 2.71. The number of aromatic nitrogens is 2. The Bertz CT molecular complexity index is 597. The molecule has 0 amide bonds. The minimum atomic E-state index is -0.863. The molecule has 0 spiro atoms. The van der Waals surface area contributed by atoms with Crippen molar-refractivity contribution >= 4 is 0 Å². The zero-order chi connectivity index (χ0) is 13.3. The zero-order valence-electron chi connectivity index (χ0n) is 9.39. The van der Waals surface area contributed by atoms with Crippen molar-refractivity contribution in [2.75, 3.05) is 6.61 Å². The van der Waals surface area contributed by atoms with Crippen molar-refractivity contribution in [1.29, 1.82) is 0 Å². The summed E-state index contributed by atoms with van der Waals surface area (Å²) in [7, 11) is 0. The molecule has 1 aliphatic heterocycles. The van der Waals surface area contributed by atoms with E-state index in [2.05, 4.69) is 0 Å². The van der Waals surface area contributed by atoms with Gasteiger partial charge in [0, 0.05) is 24.7 Å². The Hall–Kier alpha value is -1.88. The summed E-state index contributed by atoms with van der Waals surface area (Å²) >= 11 is 0. The highest BCUT2D eigenvalue weighted by Crippen LogP contribution is 2.26. The van der Waals surface area contributed by atoms with Gasteiger partial charge in [0.15, 0.2) is 0 Å².